The van der Waals surface area contributed by atoms with Crippen molar-refractivity contribution in [1.29, 1.82) is 0 Å². The average Bonchev–Trinajstić information content (AvgIpc) is 2.42. The number of hydrogen-bond donors (Lipinski definition) is 0. The van der Waals surface area contributed by atoms with Crippen LogP contribution < -0.4 is 0 Å². The van der Waals surface area contributed by atoms with Crippen molar-refractivity contribution in [3.8, 4) is 0 Å². The van der Waals surface area contributed by atoms with Crippen LogP contribution in [0.4, 0.5) is 0 Å². The molecule has 0 saturated carbocycles. The molecule has 0 unspecified atom stereocenters. The molecule has 126 valence electrons. The van der Waals surface area contributed by atoms with E-state index in [-0.39, 0.29) is 10.5 Å². The van der Waals surface area contributed by atoms with Crippen LogP contribution in [-0.2, 0) is 15.8 Å². The zero-order valence-electron chi connectivity index (χ0n) is 15.5. The van der Waals surface area contributed by atoms with Gasteiger partial charge in [0.25, 0.3) is 0 Å². The zero-order valence-corrected chi connectivity index (χ0v) is 16.5. The van der Waals surface area contributed by atoms with E-state index < -0.39 is 8.32 Å². The second kappa shape index (κ2) is 7.76. The van der Waals surface area contributed by atoms with Gasteiger partial charge in [-0.25, -0.2) is 0 Å². The van der Waals surface area contributed by atoms with Crippen molar-refractivity contribution in [3.05, 3.63) is 35.9 Å². The Bertz CT molecular complexity index is 432. The van der Waals surface area contributed by atoms with Crippen LogP contribution in [0.5, 0.6) is 0 Å². The van der Waals surface area contributed by atoms with Gasteiger partial charge in [0, 0.05) is 13.2 Å². The lowest BCUT2D eigenvalue weighted by Crippen LogP contribution is -2.43. The molecule has 0 atom stereocenters. The maximum atomic E-state index is 6.36. The van der Waals surface area contributed by atoms with Gasteiger partial charge in [-0.2, -0.15) is 0 Å². The maximum Gasteiger partial charge on any atom is 0.192 e. The van der Waals surface area contributed by atoms with E-state index in [0.29, 0.717) is 6.61 Å². The molecule has 1 aromatic rings. The average molecular weight is 323 g/mol. The minimum Gasteiger partial charge on any atom is -0.416 e. The third-order valence-electron chi connectivity index (χ3n) is 4.66. The lowest BCUT2D eigenvalue weighted by atomic mass is 9.91. The summed E-state index contributed by atoms with van der Waals surface area (Å²) in [5.41, 5.74) is 1.39. The van der Waals surface area contributed by atoms with Crippen molar-refractivity contribution in [2.75, 3.05) is 13.2 Å². The number of hydrogen-bond acceptors (Lipinski definition) is 2. The highest BCUT2D eigenvalue weighted by Gasteiger charge is 2.38. The van der Waals surface area contributed by atoms with Gasteiger partial charge >= 0.3 is 0 Å². The first-order chi connectivity index (χ1) is 10.0. The van der Waals surface area contributed by atoms with Crippen LogP contribution in [0.15, 0.2) is 30.3 Å². The van der Waals surface area contributed by atoms with Gasteiger partial charge in [0.15, 0.2) is 8.32 Å². The quantitative estimate of drug-likeness (QED) is 0.455. The first kappa shape index (κ1) is 19.4. The molecule has 0 amide bonds. The molecular formula is C19H34O2Si. The zero-order chi connectivity index (χ0) is 16.9. The Balaban J connectivity index is 2.32. The Kier molecular flexibility index (Phi) is 6.84. The molecule has 0 radical (unpaired) electrons. The molecule has 1 aromatic carbocycles. The second-order valence-corrected chi connectivity index (χ2v) is 13.3. The van der Waals surface area contributed by atoms with Crippen LogP contribution in [0.3, 0.4) is 0 Å². The molecule has 3 heteroatoms. The molecule has 22 heavy (non-hydrogen) atoms. The molecule has 0 aliphatic heterocycles. The molecule has 0 saturated heterocycles. The minimum absolute atomic E-state index is 0.159. The highest BCUT2D eigenvalue weighted by Crippen LogP contribution is 2.38. The molecule has 0 aromatic heterocycles. The van der Waals surface area contributed by atoms with Gasteiger partial charge in [-0.1, -0.05) is 65.0 Å². The van der Waals surface area contributed by atoms with Gasteiger partial charge in [-0.15, -0.1) is 0 Å². The van der Waals surface area contributed by atoms with Crippen LogP contribution in [0, 0.1) is 5.41 Å². The highest BCUT2D eigenvalue weighted by atomic mass is 28.4. The van der Waals surface area contributed by atoms with Crippen LogP contribution >= 0.6 is 0 Å². The summed E-state index contributed by atoms with van der Waals surface area (Å²) in [6, 6.07) is 10.3. The van der Waals surface area contributed by atoms with Crippen LogP contribution in [0.2, 0.25) is 18.1 Å². The molecule has 0 fully saturated rings. The molecule has 0 aliphatic carbocycles. The van der Waals surface area contributed by atoms with Gasteiger partial charge < -0.3 is 9.16 Å². The van der Waals surface area contributed by atoms with Gasteiger partial charge in [0.1, 0.15) is 0 Å². The largest absolute Gasteiger partial charge is 0.416 e. The van der Waals surface area contributed by atoms with Gasteiger partial charge in [-0.05, 0) is 35.5 Å². The Morgan fingerprint density at radius 3 is 2.09 bits per heavy atom. The standard InChI is InChI=1S/C19H34O2Si/c1-18(2,3)22(6,7)21-16-19(4,5)13-14-20-15-17-11-9-8-10-12-17/h8-12H,13-16H2,1-7H3. The fourth-order valence-electron chi connectivity index (χ4n) is 1.78. The summed E-state index contributed by atoms with van der Waals surface area (Å²) in [4.78, 5) is 0. The summed E-state index contributed by atoms with van der Waals surface area (Å²) in [5.74, 6) is 0. The van der Waals surface area contributed by atoms with Crippen LogP contribution in [0.25, 0.3) is 0 Å². The number of ether oxygens (including phenoxy) is 1. The topological polar surface area (TPSA) is 18.5 Å². The van der Waals surface area contributed by atoms with Gasteiger partial charge in [-0.3, -0.25) is 0 Å². The summed E-state index contributed by atoms with van der Waals surface area (Å²) in [6.45, 7) is 18.3. The van der Waals surface area contributed by atoms with E-state index in [4.69, 9.17) is 9.16 Å². The summed E-state index contributed by atoms with van der Waals surface area (Å²) >= 11 is 0. The molecule has 0 bridgehead atoms. The Labute approximate surface area is 138 Å². The minimum atomic E-state index is -1.66. The Hall–Kier alpha value is -0.643. The molecule has 2 nitrogen and oxygen atoms in total. The fourth-order valence-corrected chi connectivity index (χ4v) is 2.96. The third-order valence-corrected chi connectivity index (χ3v) is 9.14. The van der Waals surface area contributed by atoms with Crippen molar-refractivity contribution in [1.82, 2.24) is 0 Å². The van der Waals surface area contributed by atoms with E-state index in [1.54, 1.807) is 0 Å². The molecule has 1 rings (SSSR count). The number of benzene rings is 1. The predicted molar refractivity (Wildman–Crippen MR) is 97.6 cm³/mol. The van der Waals surface area contributed by atoms with Gasteiger partial charge in [0.05, 0.1) is 6.61 Å². The normalized spacial score (nSPS) is 13.4. The second-order valence-electron chi connectivity index (χ2n) is 8.50. The third kappa shape index (κ3) is 6.63. The molecule has 0 N–H and O–H groups in total. The van der Waals surface area contributed by atoms with Crippen molar-refractivity contribution in [3.63, 3.8) is 0 Å². The van der Waals surface area contributed by atoms with E-state index >= 15 is 0 Å². The SMILES string of the molecule is CC(C)(CCOCc1ccccc1)CO[Si](C)(C)C(C)(C)C. The van der Waals surface area contributed by atoms with E-state index in [1.165, 1.54) is 5.56 Å². The van der Waals surface area contributed by atoms with E-state index in [1.807, 2.05) is 6.07 Å². The van der Waals surface area contributed by atoms with Crippen molar-refractivity contribution < 1.29 is 9.16 Å². The van der Waals surface area contributed by atoms with Crippen molar-refractivity contribution in [2.45, 2.75) is 65.8 Å². The smallest absolute Gasteiger partial charge is 0.192 e. The first-order valence-corrected chi connectivity index (χ1v) is 11.2. The summed E-state index contributed by atoms with van der Waals surface area (Å²) < 4.78 is 12.2. The van der Waals surface area contributed by atoms with E-state index in [0.717, 1.165) is 19.6 Å². The summed E-state index contributed by atoms with van der Waals surface area (Å²) in [5, 5.41) is 0.271. The Morgan fingerprint density at radius 2 is 1.55 bits per heavy atom. The summed E-state index contributed by atoms with van der Waals surface area (Å²) in [6.07, 6.45) is 1.02. The molecule has 0 heterocycles. The van der Waals surface area contributed by atoms with E-state index in [9.17, 15) is 0 Å². The highest BCUT2D eigenvalue weighted by molar-refractivity contribution is 6.74. The first-order valence-electron chi connectivity index (χ1n) is 8.29. The molecule has 0 aliphatic rings. The monoisotopic (exact) mass is 322 g/mol. The van der Waals surface area contributed by atoms with Crippen LogP contribution in [-0.4, -0.2) is 21.5 Å². The van der Waals surface area contributed by atoms with Crippen LogP contribution in [0.1, 0.15) is 46.6 Å². The Morgan fingerprint density at radius 1 is 0.955 bits per heavy atom. The molecular weight excluding hydrogens is 288 g/mol. The summed E-state index contributed by atoms with van der Waals surface area (Å²) in [7, 11) is -1.66. The number of rotatable bonds is 8. The predicted octanol–water partition coefficient (Wildman–Crippen LogP) is 5.64. The molecule has 0 spiro atoms. The van der Waals surface area contributed by atoms with Crippen molar-refractivity contribution >= 4 is 8.32 Å². The maximum absolute atomic E-state index is 6.36. The lowest BCUT2D eigenvalue weighted by Gasteiger charge is -2.39. The van der Waals surface area contributed by atoms with E-state index in [2.05, 4.69) is 72.0 Å². The van der Waals surface area contributed by atoms with Gasteiger partial charge in [0.2, 0.25) is 0 Å². The lowest BCUT2D eigenvalue weighted by molar-refractivity contribution is 0.0704. The fraction of sp³-hybridized carbons (Fsp3) is 0.684. The van der Waals surface area contributed by atoms with Crippen molar-refractivity contribution in [2.24, 2.45) is 5.41 Å².